The van der Waals surface area contributed by atoms with E-state index in [0.717, 1.165) is 0 Å². The first kappa shape index (κ1) is 10.0. The Bertz CT molecular complexity index is 556. The van der Waals surface area contributed by atoms with E-state index in [-0.39, 0.29) is 5.78 Å². The van der Waals surface area contributed by atoms with Gasteiger partial charge in [-0.15, -0.1) is 0 Å². The zero-order valence-electron chi connectivity index (χ0n) is 8.27. The summed E-state index contributed by atoms with van der Waals surface area (Å²) in [5.74, 6) is 0.127. The van der Waals surface area contributed by atoms with Gasteiger partial charge >= 0.3 is 0 Å². The molecule has 0 bridgehead atoms. The fraction of sp³-hybridized carbons (Fsp3) is 0.300. The molecule has 2 heterocycles. The molecule has 0 fully saturated rings. The number of nitrogens with zero attached hydrogens (tertiary/aromatic N) is 2. The predicted molar refractivity (Wildman–Crippen MR) is 58.1 cm³/mol. The van der Waals surface area contributed by atoms with E-state index >= 15 is 0 Å². The lowest BCUT2D eigenvalue weighted by atomic mass is 10.3. The molecular formula is C10H10N2O2S. The van der Waals surface area contributed by atoms with Crippen LogP contribution < -0.4 is 0 Å². The molecule has 0 saturated heterocycles. The van der Waals surface area contributed by atoms with Gasteiger partial charge in [-0.25, -0.2) is 4.98 Å². The van der Waals surface area contributed by atoms with Crippen molar-refractivity contribution in [2.75, 3.05) is 0 Å². The summed E-state index contributed by atoms with van der Waals surface area (Å²) in [6.45, 7) is 2.08. The average Bonchev–Trinajstić information content (AvgIpc) is 2.50. The molecule has 0 atom stereocenters. The van der Waals surface area contributed by atoms with Crippen LogP contribution in [-0.4, -0.2) is 15.3 Å². The Balaban J connectivity index is 2.45. The number of Topliss-reactive ketones (excluding diaryl/α,β-unsaturated/α-hetero) is 1. The van der Waals surface area contributed by atoms with Gasteiger partial charge in [-0.1, -0.05) is 0 Å². The fourth-order valence-corrected chi connectivity index (χ4v) is 1.63. The predicted octanol–water partition coefficient (Wildman–Crippen LogP) is 2.34. The number of hydrogen-bond donors (Lipinski definition) is 0. The number of aryl methyl sites for hydroxylation is 1. The molecule has 2 rings (SSSR count). The van der Waals surface area contributed by atoms with E-state index in [1.165, 1.54) is 0 Å². The van der Waals surface area contributed by atoms with Crippen molar-refractivity contribution >= 4 is 29.2 Å². The van der Waals surface area contributed by atoms with Gasteiger partial charge in [0.05, 0.1) is 0 Å². The molecular weight excluding hydrogens is 212 g/mol. The van der Waals surface area contributed by atoms with Crippen LogP contribution in [0, 0.1) is 4.84 Å². The Kier molecular flexibility index (Phi) is 2.64. The highest BCUT2D eigenvalue weighted by Gasteiger charge is 2.07. The number of aromatic nitrogens is 2. The molecule has 0 aliphatic carbocycles. The second kappa shape index (κ2) is 3.94. The number of hydrogen-bond acceptors (Lipinski definition) is 4. The molecule has 0 saturated carbocycles. The average molecular weight is 222 g/mol. The first-order valence-corrected chi connectivity index (χ1v) is 5.03. The normalized spacial score (nSPS) is 10.7. The van der Waals surface area contributed by atoms with Crippen LogP contribution in [0.3, 0.4) is 0 Å². The molecule has 2 aromatic rings. The molecule has 4 nitrogen and oxygen atoms in total. The van der Waals surface area contributed by atoms with E-state index in [9.17, 15) is 4.79 Å². The Morgan fingerprint density at radius 1 is 1.67 bits per heavy atom. The molecule has 0 aliphatic rings. The first-order chi connectivity index (χ1) is 7.18. The van der Waals surface area contributed by atoms with Crippen molar-refractivity contribution in [1.82, 2.24) is 9.55 Å². The van der Waals surface area contributed by atoms with Gasteiger partial charge in [0.15, 0.2) is 11.2 Å². The molecule has 0 amide bonds. The van der Waals surface area contributed by atoms with Gasteiger partial charge < -0.3 is 4.42 Å². The third-order valence-electron chi connectivity index (χ3n) is 2.11. The Morgan fingerprint density at radius 3 is 3.20 bits per heavy atom. The maximum atomic E-state index is 10.9. The molecule has 0 radical (unpaired) electrons. The number of rotatable bonds is 3. The quantitative estimate of drug-likeness (QED) is 0.748. The lowest BCUT2D eigenvalue weighted by molar-refractivity contribution is -0.117. The zero-order valence-corrected chi connectivity index (χ0v) is 9.08. The van der Waals surface area contributed by atoms with Crippen LogP contribution in [0.4, 0.5) is 0 Å². The third-order valence-corrected chi connectivity index (χ3v) is 2.42. The molecule has 0 spiro atoms. The summed E-state index contributed by atoms with van der Waals surface area (Å²) in [5, 5.41) is 0. The molecule has 0 aromatic carbocycles. The summed E-state index contributed by atoms with van der Waals surface area (Å²) < 4.78 is 7.08. The van der Waals surface area contributed by atoms with Gasteiger partial charge in [0.25, 0.3) is 4.84 Å². The minimum Gasteiger partial charge on any atom is -0.428 e. The van der Waals surface area contributed by atoms with Crippen molar-refractivity contribution in [3.05, 3.63) is 23.2 Å². The monoisotopic (exact) mass is 222 g/mol. The summed E-state index contributed by atoms with van der Waals surface area (Å²) in [4.78, 5) is 15.4. The Morgan fingerprint density at radius 2 is 2.47 bits per heavy atom. The topological polar surface area (TPSA) is 48.0 Å². The third kappa shape index (κ3) is 1.97. The van der Waals surface area contributed by atoms with E-state index in [2.05, 4.69) is 4.98 Å². The number of pyridine rings is 1. The number of ketones is 1. The zero-order chi connectivity index (χ0) is 10.8. The smallest absolute Gasteiger partial charge is 0.270 e. The number of oxazole rings is 1. The van der Waals surface area contributed by atoms with Gasteiger partial charge in [-0.05, 0) is 31.3 Å². The highest BCUT2D eigenvalue weighted by atomic mass is 32.1. The summed E-state index contributed by atoms with van der Waals surface area (Å²) in [6.07, 6.45) is 2.12. The maximum absolute atomic E-state index is 10.9. The maximum Gasteiger partial charge on any atom is 0.270 e. The summed E-state index contributed by atoms with van der Waals surface area (Å²) in [5.41, 5.74) is 1.36. The van der Waals surface area contributed by atoms with E-state index in [4.69, 9.17) is 16.6 Å². The van der Waals surface area contributed by atoms with E-state index in [0.29, 0.717) is 29.0 Å². The van der Waals surface area contributed by atoms with Gasteiger partial charge in [0, 0.05) is 19.2 Å². The van der Waals surface area contributed by atoms with E-state index in [1.807, 2.05) is 6.07 Å². The standard InChI is InChI=1S/C10H10N2O2S/c1-7(13)4-6-12-9-8(14-10(12)15)3-2-5-11-9/h2-3,5H,4,6H2,1H3. The molecule has 15 heavy (non-hydrogen) atoms. The van der Waals surface area contributed by atoms with Crippen molar-refractivity contribution in [1.29, 1.82) is 0 Å². The molecule has 0 N–H and O–H groups in total. The van der Waals surface area contributed by atoms with Crippen LogP contribution in [0.5, 0.6) is 0 Å². The van der Waals surface area contributed by atoms with Crippen molar-refractivity contribution in [3.8, 4) is 0 Å². The lowest BCUT2D eigenvalue weighted by Crippen LogP contribution is -2.03. The molecule has 0 unspecified atom stereocenters. The second-order valence-electron chi connectivity index (χ2n) is 3.30. The van der Waals surface area contributed by atoms with Crippen LogP contribution in [0.2, 0.25) is 0 Å². The van der Waals surface area contributed by atoms with Crippen LogP contribution >= 0.6 is 12.2 Å². The minimum absolute atomic E-state index is 0.127. The second-order valence-corrected chi connectivity index (χ2v) is 3.65. The Hall–Kier alpha value is -1.49. The lowest BCUT2D eigenvalue weighted by Gasteiger charge is -1.98. The van der Waals surface area contributed by atoms with Crippen LogP contribution in [-0.2, 0) is 11.3 Å². The number of carbonyl (C=O) groups is 1. The molecule has 2 aromatic heterocycles. The van der Waals surface area contributed by atoms with Gasteiger partial charge in [-0.3, -0.25) is 9.36 Å². The highest BCUT2D eigenvalue weighted by molar-refractivity contribution is 7.71. The summed E-state index contributed by atoms with van der Waals surface area (Å²) >= 11 is 5.05. The van der Waals surface area contributed by atoms with Crippen LogP contribution in [0.15, 0.2) is 22.7 Å². The van der Waals surface area contributed by atoms with Crippen LogP contribution in [0.25, 0.3) is 11.2 Å². The van der Waals surface area contributed by atoms with E-state index < -0.39 is 0 Å². The van der Waals surface area contributed by atoms with Crippen molar-refractivity contribution in [3.63, 3.8) is 0 Å². The molecule has 78 valence electrons. The SMILES string of the molecule is CC(=O)CCn1c(=S)oc2cccnc21. The number of fused-ring (bicyclic) bond motifs is 1. The Labute approximate surface area is 91.5 Å². The van der Waals surface area contributed by atoms with Crippen molar-refractivity contribution in [2.45, 2.75) is 19.9 Å². The summed E-state index contributed by atoms with van der Waals surface area (Å²) in [6, 6.07) is 3.60. The summed E-state index contributed by atoms with van der Waals surface area (Å²) in [7, 11) is 0. The number of carbonyl (C=O) groups excluding carboxylic acids is 1. The van der Waals surface area contributed by atoms with Gasteiger partial charge in [-0.2, -0.15) is 0 Å². The van der Waals surface area contributed by atoms with Crippen molar-refractivity contribution < 1.29 is 9.21 Å². The molecule has 0 aliphatic heterocycles. The first-order valence-electron chi connectivity index (χ1n) is 4.62. The van der Waals surface area contributed by atoms with Gasteiger partial charge in [0.2, 0.25) is 0 Å². The highest BCUT2D eigenvalue weighted by Crippen LogP contribution is 2.14. The molecule has 5 heteroatoms. The van der Waals surface area contributed by atoms with Crippen LogP contribution in [0.1, 0.15) is 13.3 Å². The van der Waals surface area contributed by atoms with E-state index in [1.54, 1.807) is 23.8 Å². The largest absolute Gasteiger partial charge is 0.428 e. The van der Waals surface area contributed by atoms with Crippen molar-refractivity contribution in [2.24, 2.45) is 0 Å². The fourth-order valence-electron chi connectivity index (χ4n) is 1.37. The van der Waals surface area contributed by atoms with Gasteiger partial charge in [0.1, 0.15) is 5.78 Å². The minimum atomic E-state index is 0.127.